The van der Waals surface area contributed by atoms with Gasteiger partial charge in [-0.15, -0.1) is 0 Å². The molecule has 0 heterocycles. The molecule has 1 aromatic carbocycles. The molecule has 0 bridgehead atoms. The Morgan fingerprint density at radius 2 is 2.18 bits per heavy atom. The molecule has 0 aliphatic heterocycles. The number of halogens is 1. The zero-order valence-corrected chi connectivity index (χ0v) is 9.70. The van der Waals surface area contributed by atoms with Crippen LogP contribution in [0, 0.1) is 17.1 Å². The van der Waals surface area contributed by atoms with Crippen LogP contribution in [0.5, 0.6) is 0 Å². The van der Waals surface area contributed by atoms with Gasteiger partial charge in [0.25, 0.3) is 0 Å². The lowest BCUT2D eigenvalue weighted by molar-refractivity contribution is -0.136. The van der Waals surface area contributed by atoms with Crippen LogP contribution < -0.4 is 4.90 Å². The highest BCUT2D eigenvalue weighted by Crippen LogP contribution is 2.24. The Balaban J connectivity index is 3.12. The van der Waals surface area contributed by atoms with E-state index in [1.54, 1.807) is 25.1 Å². The highest BCUT2D eigenvalue weighted by molar-refractivity contribution is 5.67. The van der Waals surface area contributed by atoms with E-state index >= 15 is 0 Å². The van der Waals surface area contributed by atoms with Crippen LogP contribution in [-0.4, -0.2) is 25.2 Å². The monoisotopic (exact) mass is 236 g/mol. The van der Waals surface area contributed by atoms with Gasteiger partial charge in [-0.2, -0.15) is 5.26 Å². The van der Waals surface area contributed by atoms with Crippen LogP contribution in [0.4, 0.5) is 10.1 Å². The molecule has 1 rings (SSSR count). The molecule has 1 aromatic rings. The number of hydrogen-bond acceptors (Lipinski definition) is 3. The Morgan fingerprint density at radius 3 is 2.65 bits per heavy atom. The van der Waals surface area contributed by atoms with Crippen molar-refractivity contribution in [1.82, 2.24) is 0 Å². The number of hydrogen-bond donors (Lipinski definition) is 1. The minimum atomic E-state index is -0.986. The third-order valence-electron chi connectivity index (χ3n) is 2.40. The summed E-state index contributed by atoms with van der Waals surface area (Å²) >= 11 is 0. The van der Waals surface area contributed by atoms with Gasteiger partial charge in [0.05, 0.1) is 5.69 Å². The molecule has 0 radical (unpaired) electrons. The number of carboxylic acid groups (broad SMARTS) is 1. The predicted molar refractivity (Wildman–Crippen MR) is 61.4 cm³/mol. The summed E-state index contributed by atoms with van der Waals surface area (Å²) in [7, 11) is 3.43. The third kappa shape index (κ3) is 2.94. The van der Waals surface area contributed by atoms with Crippen LogP contribution in [0.15, 0.2) is 12.1 Å². The van der Waals surface area contributed by atoms with Crippen molar-refractivity contribution in [1.29, 1.82) is 5.26 Å². The van der Waals surface area contributed by atoms with E-state index < -0.39 is 11.8 Å². The minimum absolute atomic E-state index is 0.0436. The maximum atomic E-state index is 13.9. The van der Waals surface area contributed by atoms with E-state index in [1.807, 2.05) is 6.07 Å². The summed E-state index contributed by atoms with van der Waals surface area (Å²) in [6, 6.07) is 4.96. The summed E-state index contributed by atoms with van der Waals surface area (Å²) in [5, 5.41) is 17.5. The molecule has 90 valence electrons. The maximum absolute atomic E-state index is 13.9. The van der Waals surface area contributed by atoms with Crippen LogP contribution in [0.2, 0.25) is 0 Å². The van der Waals surface area contributed by atoms with E-state index in [0.29, 0.717) is 5.69 Å². The highest BCUT2D eigenvalue weighted by atomic mass is 19.1. The topological polar surface area (TPSA) is 64.3 Å². The molecule has 0 amide bonds. The Hall–Kier alpha value is -2.09. The van der Waals surface area contributed by atoms with Gasteiger partial charge in [-0.3, -0.25) is 4.79 Å². The lowest BCUT2D eigenvalue weighted by atomic mass is 10.0. The summed E-state index contributed by atoms with van der Waals surface area (Å²) in [5.41, 5.74) is 0.705. The summed E-state index contributed by atoms with van der Waals surface area (Å²) in [5.74, 6) is -1.61. The number of nitrogens with zero attached hydrogens (tertiary/aromatic N) is 2. The molecule has 0 aromatic heterocycles. The Morgan fingerprint density at radius 1 is 1.53 bits per heavy atom. The molecule has 0 atom stereocenters. The Bertz CT molecular complexity index is 478. The van der Waals surface area contributed by atoms with Crippen molar-refractivity contribution in [3.63, 3.8) is 0 Å². The van der Waals surface area contributed by atoms with Gasteiger partial charge in [0, 0.05) is 20.5 Å². The van der Waals surface area contributed by atoms with Crippen LogP contribution in [0.3, 0.4) is 0 Å². The molecule has 0 saturated heterocycles. The molecule has 5 heteroatoms. The van der Waals surface area contributed by atoms with E-state index in [1.165, 1.54) is 6.07 Å². The molecule has 0 saturated carbocycles. The zero-order chi connectivity index (χ0) is 13.0. The first-order chi connectivity index (χ1) is 7.97. The lowest BCUT2D eigenvalue weighted by Gasteiger charge is -2.15. The molecular formula is C12H13FN2O2. The maximum Gasteiger partial charge on any atom is 0.303 e. The van der Waals surface area contributed by atoms with Gasteiger partial charge >= 0.3 is 5.97 Å². The van der Waals surface area contributed by atoms with Crippen molar-refractivity contribution in [2.45, 2.75) is 12.8 Å². The van der Waals surface area contributed by atoms with E-state index in [-0.39, 0.29) is 24.0 Å². The lowest BCUT2D eigenvalue weighted by Crippen LogP contribution is -2.12. The first-order valence-electron chi connectivity index (χ1n) is 5.08. The third-order valence-corrected chi connectivity index (χ3v) is 2.40. The molecule has 17 heavy (non-hydrogen) atoms. The minimum Gasteiger partial charge on any atom is -0.481 e. The van der Waals surface area contributed by atoms with Gasteiger partial charge < -0.3 is 10.0 Å². The number of benzene rings is 1. The van der Waals surface area contributed by atoms with Gasteiger partial charge in [0.2, 0.25) is 0 Å². The molecular weight excluding hydrogens is 223 g/mol. The second-order valence-corrected chi connectivity index (χ2v) is 3.83. The average Bonchev–Trinajstić information content (AvgIpc) is 2.26. The van der Waals surface area contributed by atoms with Crippen LogP contribution in [-0.2, 0) is 11.2 Å². The van der Waals surface area contributed by atoms with Crippen LogP contribution in [0.25, 0.3) is 0 Å². The molecule has 0 aliphatic rings. The number of carboxylic acids is 1. The first kappa shape index (κ1) is 13.0. The van der Waals surface area contributed by atoms with E-state index in [9.17, 15) is 9.18 Å². The van der Waals surface area contributed by atoms with Gasteiger partial charge in [0.15, 0.2) is 0 Å². The molecule has 1 N–H and O–H groups in total. The van der Waals surface area contributed by atoms with Crippen molar-refractivity contribution in [2.75, 3.05) is 19.0 Å². The molecule has 4 nitrogen and oxygen atoms in total. The second kappa shape index (κ2) is 5.30. The largest absolute Gasteiger partial charge is 0.481 e. The first-order valence-corrected chi connectivity index (χ1v) is 5.08. The quantitative estimate of drug-likeness (QED) is 0.865. The molecule has 0 aliphatic carbocycles. The highest BCUT2D eigenvalue weighted by Gasteiger charge is 2.14. The fraction of sp³-hybridized carbons (Fsp3) is 0.333. The molecule has 0 spiro atoms. The number of nitriles is 1. The van der Waals surface area contributed by atoms with Gasteiger partial charge in [-0.05, 0) is 18.1 Å². The summed E-state index contributed by atoms with van der Waals surface area (Å²) in [6.45, 7) is 0. The van der Waals surface area contributed by atoms with Gasteiger partial charge in [-0.25, -0.2) is 4.39 Å². The van der Waals surface area contributed by atoms with Crippen molar-refractivity contribution >= 4 is 11.7 Å². The number of rotatable bonds is 4. The summed E-state index contributed by atoms with van der Waals surface area (Å²) < 4.78 is 13.9. The van der Waals surface area contributed by atoms with E-state index in [0.717, 1.165) is 0 Å². The van der Waals surface area contributed by atoms with Gasteiger partial charge in [-0.1, -0.05) is 6.07 Å². The fourth-order valence-electron chi connectivity index (χ4n) is 1.52. The Kier molecular flexibility index (Phi) is 4.05. The normalized spacial score (nSPS) is 9.76. The fourth-order valence-corrected chi connectivity index (χ4v) is 1.52. The predicted octanol–water partition coefficient (Wildman–Crippen LogP) is 1.78. The van der Waals surface area contributed by atoms with E-state index in [4.69, 9.17) is 10.4 Å². The van der Waals surface area contributed by atoms with Crippen molar-refractivity contribution < 1.29 is 14.3 Å². The van der Waals surface area contributed by atoms with E-state index in [2.05, 4.69) is 0 Å². The van der Waals surface area contributed by atoms with Crippen molar-refractivity contribution in [2.24, 2.45) is 0 Å². The number of aryl methyl sites for hydroxylation is 1. The van der Waals surface area contributed by atoms with Crippen LogP contribution >= 0.6 is 0 Å². The average molecular weight is 236 g/mol. The van der Waals surface area contributed by atoms with Gasteiger partial charge in [0.1, 0.15) is 17.4 Å². The summed E-state index contributed by atoms with van der Waals surface area (Å²) in [4.78, 5) is 12.1. The number of anilines is 1. The van der Waals surface area contributed by atoms with Crippen LogP contribution in [0.1, 0.15) is 17.5 Å². The SMILES string of the molecule is CN(C)c1ccc(CCC(=O)O)c(F)c1C#N. The standard InChI is InChI=1S/C12H13FN2O2/c1-15(2)10-5-3-8(4-6-11(16)17)12(13)9(10)7-14/h3,5H,4,6H2,1-2H3,(H,16,17). The zero-order valence-electron chi connectivity index (χ0n) is 9.70. The number of carbonyl (C=O) groups is 1. The molecule has 0 fully saturated rings. The van der Waals surface area contributed by atoms with Crippen molar-refractivity contribution in [3.05, 3.63) is 29.1 Å². The smallest absolute Gasteiger partial charge is 0.303 e. The van der Waals surface area contributed by atoms with Crippen molar-refractivity contribution in [3.8, 4) is 6.07 Å². The molecule has 0 unspecified atom stereocenters. The number of aliphatic carboxylic acids is 1. The Labute approximate surface area is 98.9 Å². The second-order valence-electron chi connectivity index (χ2n) is 3.83. The summed E-state index contributed by atoms with van der Waals surface area (Å²) in [6.07, 6.45) is -0.0628.